The van der Waals surface area contributed by atoms with Crippen LogP contribution in [0, 0.1) is 0 Å². The highest BCUT2D eigenvalue weighted by Crippen LogP contribution is 2.26. The molecule has 2 aromatic rings. The van der Waals surface area contributed by atoms with Crippen LogP contribution >= 0.6 is 0 Å². The number of benzene rings is 1. The molecule has 0 bridgehead atoms. The van der Waals surface area contributed by atoms with Gasteiger partial charge in [0.25, 0.3) is 0 Å². The second kappa shape index (κ2) is 5.63. The molecule has 0 spiro atoms. The third-order valence-electron chi connectivity index (χ3n) is 3.73. The first-order valence-corrected chi connectivity index (χ1v) is 7.16. The minimum absolute atomic E-state index is 0.296. The second-order valence-corrected chi connectivity index (χ2v) is 5.10. The molecule has 0 saturated carbocycles. The summed E-state index contributed by atoms with van der Waals surface area (Å²) in [5.74, 6) is 1.23. The van der Waals surface area contributed by atoms with Crippen molar-refractivity contribution in [3.63, 3.8) is 0 Å². The van der Waals surface area contributed by atoms with E-state index >= 15 is 0 Å². The van der Waals surface area contributed by atoms with Crippen LogP contribution in [0.2, 0.25) is 0 Å². The van der Waals surface area contributed by atoms with Crippen molar-refractivity contribution in [3.05, 3.63) is 24.3 Å². The standard InChI is InChI=1S/C15H20N4O/c1-2-19(10-11-6-5-9-20-11)14-12-7-3-4-8-13(12)17-15(16)18-14/h3-4,7-8,11H,2,5-6,9-10H2,1H3,(H2,16,17,18). The van der Waals surface area contributed by atoms with Crippen molar-refractivity contribution >= 4 is 22.7 Å². The predicted molar refractivity (Wildman–Crippen MR) is 80.8 cm³/mol. The van der Waals surface area contributed by atoms with Gasteiger partial charge in [-0.3, -0.25) is 0 Å². The summed E-state index contributed by atoms with van der Waals surface area (Å²) in [6.07, 6.45) is 2.56. The van der Waals surface area contributed by atoms with E-state index in [0.717, 1.165) is 49.3 Å². The minimum Gasteiger partial charge on any atom is -0.376 e. The summed E-state index contributed by atoms with van der Waals surface area (Å²) in [6.45, 7) is 4.73. The van der Waals surface area contributed by atoms with Crippen molar-refractivity contribution in [2.45, 2.75) is 25.9 Å². The van der Waals surface area contributed by atoms with Gasteiger partial charge in [0.1, 0.15) is 5.82 Å². The third kappa shape index (κ3) is 2.54. The monoisotopic (exact) mass is 272 g/mol. The molecular formula is C15H20N4O. The molecule has 2 N–H and O–H groups in total. The van der Waals surface area contributed by atoms with Crippen LogP contribution in [0.15, 0.2) is 24.3 Å². The molecule has 0 radical (unpaired) electrons. The van der Waals surface area contributed by atoms with Crippen LogP contribution in [0.25, 0.3) is 10.9 Å². The van der Waals surface area contributed by atoms with Gasteiger partial charge in [-0.25, -0.2) is 4.98 Å². The first kappa shape index (κ1) is 13.1. The average Bonchev–Trinajstić information content (AvgIpc) is 2.97. The summed E-state index contributed by atoms with van der Waals surface area (Å²) in [7, 11) is 0. The first-order valence-electron chi connectivity index (χ1n) is 7.16. The first-order chi connectivity index (χ1) is 9.78. The van der Waals surface area contributed by atoms with Crippen molar-refractivity contribution in [3.8, 4) is 0 Å². The minimum atomic E-state index is 0.296. The molecule has 1 atom stereocenters. The van der Waals surface area contributed by atoms with Gasteiger partial charge in [0.15, 0.2) is 0 Å². The predicted octanol–water partition coefficient (Wildman–Crippen LogP) is 2.22. The average molecular weight is 272 g/mol. The fourth-order valence-electron chi connectivity index (χ4n) is 2.72. The zero-order chi connectivity index (χ0) is 13.9. The smallest absolute Gasteiger partial charge is 0.222 e. The number of likely N-dealkylation sites (N-methyl/N-ethyl adjacent to an activating group) is 1. The highest BCUT2D eigenvalue weighted by atomic mass is 16.5. The fourth-order valence-corrected chi connectivity index (χ4v) is 2.72. The molecule has 1 aromatic heterocycles. The SMILES string of the molecule is CCN(CC1CCCO1)c1nc(N)nc2ccccc12. The molecule has 0 aliphatic carbocycles. The number of hydrogen-bond acceptors (Lipinski definition) is 5. The van der Waals surface area contributed by atoms with E-state index in [1.54, 1.807) is 0 Å². The van der Waals surface area contributed by atoms with Crippen molar-refractivity contribution in [1.82, 2.24) is 9.97 Å². The number of nitrogen functional groups attached to an aromatic ring is 1. The van der Waals surface area contributed by atoms with Gasteiger partial charge < -0.3 is 15.4 Å². The van der Waals surface area contributed by atoms with E-state index in [9.17, 15) is 0 Å². The van der Waals surface area contributed by atoms with E-state index in [-0.39, 0.29) is 0 Å². The molecule has 106 valence electrons. The van der Waals surface area contributed by atoms with E-state index in [1.165, 1.54) is 0 Å². The Morgan fingerprint density at radius 2 is 2.20 bits per heavy atom. The molecule has 0 amide bonds. The third-order valence-corrected chi connectivity index (χ3v) is 3.73. The lowest BCUT2D eigenvalue weighted by Crippen LogP contribution is -2.33. The topological polar surface area (TPSA) is 64.3 Å². The zero-order valence-electron chi connectivity index (χ0n) is 11.7. The summed E-state index contributed by atoms with van der Waals surface area (Å²) >= 11 is 0. The van der Waals surface area contributed by atoms with Crippen LogP contribution in [0.5, 0.6) is 0 Å². The van der Waals surface area contributed by atoms with Gasteiger partial charge in [0, 0.05) is 25.1 Å². The van der Waals surface area contributed by atoms with Gasteiger partial charge in [-0.05, 0) is 31.9 Å². The van der Waals surface area contributed by atoms with Crippen LogP contribution in [0.1, 0.15) is 19.8 Å². The number of hydrogen-bond donors (Lipinski definition) is 1. The van der Waals surface area contributed by atoms with E-state index in [2.05, 4.69) is 21.8 Å². The molecule has 1 aliphatic heterocycles. The lowest BCUT2D eigenvalue weighted by atomic mass is 10.2. The highest BCUT2D eigenvalue weighted by Gasteiger charge is 2.21. The van der Waals surface area contributed by atoms with Crippen LogP contribution in [0.4, 0.5) is 11.8 Å². The van der Waals surface area contributed by atoms with Gasteiger partial charge in [0.2, 0.25) is 5.95 Å². The Labute approximate surface area is 118 Å². The van der Waals surface area contributed by atoms with Crippen molar-refractivity contribution in [2.75, 3.05) is 30.3 Å². The summed E-state index contributed by atoms with van der Waals surface area (Å²) in [4.78, 5) is 11.0. The lowest BCUT2D eigenvalue weighted by Gasteiger charge is -2.26. The molecule has 5 nitrogen and oxygen atoms in total. The summed E-state index contributed by atoms with van der Waals surface area (Å²) < 4.78 is 5.73. The number of nitrogens with zero attached hydrogens (tertiary/aromatic N) is 3. The van der Waals surface area contributed by atoms with Crippen molar-refractivity contribution < 1.29 is 4.74 Å². The normalized spacial score (nSPS) is 18.6. The van der Waals surface area contributed by atoms with Crippen LogP contribution in [0.3, 0.4) is 0 Å². The van der Waals surface area contributed by atoms with Crippen molar-refractivity contribution in [2.24, 2.45) is 0 Å². The van der Waals surface area contributed by atoms with E-state index in [4.69, 9.17) is 10.5 Å². The largest absolute Gasteiger partial charge is 0.376 e. The number of aromatic nitrogens is 2. The highest BCUT2D eigenvalue weighted by molar-refractivity contribution is 5.90. The molecule has 1 fully saturated rings. The molecule has 5 heteroatoms. The van der Waals surface area contributed by atoms with Gasteiger partial charge in [0.05, 0.1) is 11.6 Å². The van der Waals surface area contributed by atoms with E-state index < -0.39 is 0 Å². The molecule has 1 aromatic carbocycles. The Morgan fingerprint density at radius 3 is 2.95 bits per heavy atom. The number of nitrogens with two attached hydrogens (primary N) is 1. The van der Waals surface area contributed by atoms with Crippen LogP contribution in [-0.4, -0.2) is 35.8 Å². The number of ether oxygens (including phenoxy) is 1. The number of fused-ring (bicyclic) bond motifs is 1. The summed E-state index contributed by atoms with van der Waals surface area (Å²) in [5, 5.41) is 1.04. The Kier molecular flexibility index (Phi) is 3.69. The second-order valence-electron chi connectivity index (χ2n) is 5.10. The Balaban J connectivity index is 1.97. The molecule has 20 heavy (non-hydrogen) atoms. The van der Waals surface area contributed by atoms with Gasteiger partial charge in [-0.2, -0.15) is 4.98 Å². The van der Waals surface area contributed by atoms with Crippen LogP contribution < -0.4 is 10.6 Å². The Morgan fingerprint density at radius 1 is 1.35 bits per heavy atom. The lowest BCUT2D eigenvalue weighted by molar-refractivity contribution is 0.115. The fraction of sp³-hybridized carbons (Fsp3) is 0.467. The summed E-state index contributed by atoms with van der Waals surface area (Å²) in [5.41, 5.74) is 6.73. The molecule has 1 aliphatic rings. The maximum atomic E-state index is 5.85. The zero-order valence-corrected chi connectivity index (χ0v) is 11.7. The van der Waals surface area contributed by atoms with Gasteiger partial charge in [-0.15, -0.1) is 0 Å². The molecule has 1 unspecified atom stereocenters. The Bertz CT molecular complexity index is 595. The number of anilines is 2. The molecule has 2 heterocycles. The summed E-state index contributed by atoms with van der Waals surface area (Å²) in [6, 6.07) is 7.99. The van der Waals surface area contributed by atoms with Crippen molar-refractivity contribution in [1.29, 1.82) is 0 Å². The Hall–Kier alpha value is -1.88. The molecule has 3 rings (SSSR count). The quantitative estimate of drug-likeness (QED) is 0.924. The van der Waals surface area contributed by atoms with E-state index in [0.29, 0.717) is 12.1 Å². The van der Waals surface area contributed by atoms with Crippen LogP contribution in [-0.2, 0) is 4.74 Å². The maximum absolute atomic E-state index is 5.85. The molecular weight excluding hydrogens is 252 g/mol. The molecule has 1 saturated heterocycles. The van der Waals surface area contributed by atoms with E-state index in [1.807, 2.05) is 24.3 Å². The van der Waals surface area contributed by atoms with Gasteiger partial charge in [-0.1, -0.05) is 12.1 Å². The maximum Gasteiger partial charge on any atom is 0.222 e. The number of rotatable bonds is 4. The number of para-hydroxylation sites is 1. The van der Waals surface area contributed by atoms with Gasteiger partial charge >= 0.3 is 0 Å².